The van der Waals surface area contributed by atoms with Gasteiger partial charge in [0.05, 0.1) is 0 Å². The second kappa shape index (κ2) is 4.54. The van der Waals surface area contributed by atoms with Gasteiger partial charge in [-0.2, -0.15) is 0 Å². The van der Waals surface area contributed by atoms with Crippen molar-refractivity contribution >= 4 is 0 Å². The summed E-state index contributed by atoms with van der Waals surface area (Å²) >= 11 is 0. The maximum atomic E-state index is 10.3. The molecule has 0 radical (unpaired) electrons. The molecular formula is C14H18O5. The molecule has 0 saturated carbocycles. The maximum Gasteiger partial charge on any atom is 0.190 e. The number of benzene rings is 1. The monoisotopic (exact) mass is 266 g/mol. The van der Waals surface area contributed by atoms with Crippen LogP contribution in [0, 0.1) is 0 Å². The molecule has 0 spiro atoms. The summed E-state index contributed by atoms with van der Waals surface area (Å²) in [6.45, 7) is 3.54. The van der Waals surface area contributed by atoms with Crippen LogP contribution < -0.4 is 0 Å². The Hall–Kier alpha value is -0.980. The molecule has 2 saturated heterocycles. The van der Waals surface area contributed by atoms with E-state index in [2.05, 4.69) is 0 Å². The van der Waals surface area contributed by atoms with Crippen molar-refractivity contribution in [3.63, 3.8) is 0 Å². The summed E-state index contributed by atoms with van der Waals surface area (Å²) in [5.74, 6) is -0.765. The summed E-state index contributed by atoms with van der Waals surface area (Å²) in [7, 11) is 0. The van der Waals surface area contributed by atoms with Crippen LogP contribution >= 0.6 is 0 Å². The third-order valence-corrected chi connectivity index (χ3v) is 3.50. The van der Waals surface area contributed by atoms with Crippen molar-refractivity contribution < 1.29 is 24.4 Å². The molecule has 3 rings (SSSR count). The van der Waals surface area contributed by atoms with Gasteiger partial charge in [-0.05, 0) is 19.4 Å². The van der Waals surface area contributed by atoms with Crippen LogP contribution in [0.2, 0.25) is 0 Å². The fourth-order valence-corrected chi connectivity index (χ4v) is 2.62. The molecule has 1 aromatic carbocycles. The normalized spacial score (nSPS) is 38.1. The Morgan fingerprint density at radius 3 is 2.47 bits per heavy atom. The minimum absolute atomic E-state index is 0.557. The molecule has 2 fully saturated rings. The fraction of sp³-hybridized carbons (Fsp3) is 0.571. The van der Waals surface area contributed by atoms with Crippen LogP contribution in [0.25, 0.3) is 0 Å². The van der Waals surface area contributed by atoms with E-state index in [1.54, 1.807) is 26.0 Å². The Balaban J connectivity index is 1.75. The van der Waals surface area contributed by atoms with Crippen molar-refractivity contribution in [1.29, 1.82) is 0 Å². The zero-order chi connectivity index (χ0) is 13.6. The van der Waals surface area contributed by atoms with E-state index in [0.717, 1.165) is 0 Å². The summed E-state index contributed by atoms with van der Waals surface area (Å²) in [5, 5.41) is 20.5. The second-order valence-corrected chi connectivity index (χ2v) is 5.42. The molecule has 0 aromatic heterocycles. The van der Waals surface area contributed by atoms with Gasteiger partial charge < -0.3 is 24.4 Å². The molecule has 0 amide bonds. The van der Waals surface area contributed by atoms with Crippen molar-refractivity contribution in [3.8, 4) is 0 Å². The van der Waals surface area contributed by atoms with E-state index in [-0.39, 0.29) is 0 Å². The molecule has 5 nitrogen and oxygen atoms in total. The lowest BCUT2D eigenvalue weighted by Gasteiger charge is -2.26. The lowest BCUT2D eigenvalue weighted by molar-refractivity contribution is -0.226. The first-order valence-corrected chi connectivity index (χ1v) is 6.40. The third-order valence-electron chi connectivity index (χ3n) is 3.50. The topological polar surface area (TPSA) is 68.2 Å². The van der Waals surface area contributed by atoms with Crippen LogP contribution in [-0.4, -0.2) is 40.6 Å². The standard InChI is InChI=1S/C14H18O5/c1-14(2)18-12-10(16)11(17-13(12)19-14)9(15)8-6-4-3-5-7-8/h3-7,9-13,15-16H,1-2H3/t9-,10-,11+,12+,13+/m0/s1. The number of hydrogen-bond acceptors (Lipinski definition) is 5. The van der Waals surface area contributed by atoms with Crippen molar-refractivity contribution in [1.82, 2.24) is 0 Å². The van der Waals surface area contributed by atoms with E-state index in [0.29, 0.717) is 5.56 Å². The van der Waals surface area contributed by atoms with Crippen LogP contribution in [0.4, 0.5) is 0 Å². The van der Waals surface area contributed by atoms with Gasteiger partial charge in [-0.15, -0.1) is 0 Å². The number of ether oxygens (including phenoxy) is 3. The molecule has 5 heteroatoms. The predicted octanol–water partition coefficient (Wildman–Crippen LogP) is 0.957. The number of hydrogen-bond donors (Lipinski definition) is 2. The molecule has 2 N–H and O–H groups in total. The first kappa shape index (κ1) is 13.0. The Bertz CT molecular complexity index is 446. The number of aliphatic hydroxyl groups is 2. The van der Waals surface area contributed by atoms with Crippen molar-refractivity contribution in [3.05, 3.63) is 35.9 Å². The Kier molecular flexibility index (Phi) is 3.11. The Morgan fingerprint density at radius 1 is 1.16 bits per heavy atom. The first-order valence-electron chi connectivity index (χ1n) is 6.40. The number of fused-ring (bicyclic) bond motifs is 1. The van der Waals surface area contributed by atoms with E-state index >= 15 is 0 Å². The van der Waals surface area contributed by atoms with Crippen molar-refractivity contribution in [2.45, 2.75) is 50.3 Å². The van der Waals surface area contributed by atoms with Gasteiger partial charge in [0.25, 0.3) is 0 Å². The summed E-state index contributed by atoms with van der Waals surface area (Å²) in [6, 6.07) is 9.11. The molecule has 1 aromatic rings. The lowest BCUT2D eigenvalue weighted by atomic mass is 9.99. The smallest absolute Gasteiger partial charge is 0.190 e. The average molecular weight is 266 g/mol. The molecule has 0 unspecified atom stereocenters. The molecule has 2 aliphatic heterocycles. The van der Waals surface area contributed by atoms with E-state index in [4.69, 9.17) is 14.2 Å². The van der Waals surface area contributed by atoms with Gasteiger partial charge in [0.15, 0.2) is 12.1 Å². The van der Waals surface area contributed by atoms with Gasteiger partial charge >= 0.3 is 0 Å². The van der Waals surface area contributed by atoms with E-state index < -0.39 is 36.5 Å². The van der Waals surface area contributed by atoms with Gasteiger partial charge in [-0.1, -0.05) is 30.3 Å². The third kappa shape index (κ3) is 2.28. The summed E-state index contributed by atoms with van der Waals surface area (Å²) < 4.78 is 16.7. The highest BCUT2D eigenvalue weighted by molar-refractivity contribution is 5.19. The Labute approximate surface area is 111 Å². The van der Waals surface area contributed by atoms with Crippen LogP contribution in [0.3, 0.4) is 0 Å². The molecule has 0 bridgehead atoms. The zero-order valence-corrected chi connectivity index (χ0v) is 10.9. The average Bonchev–Trinajstić information content (AvgIpc) is 2.84. The van der Waals surface area contributed by atoms with E-state index in [1.165, 1.54) is 0 Å². The zero-order valence-electron chi connectivity index (χ0n) is 10.9. The lowest BCUT2D eigenvalue weighted by Crippen LogP contribution is -2.37. The van der Waals surface area contributed by atoms with Crippen LogP contribution in [0.5, 0.6) is 0 Å². The van der Waals surface area contributed by atoms with E-state index in [9.17, 15) is 10.2 Å². The van der Waals surface area contributed by atoms with Crippen LogP contribution in [0.1, 0.15) is 25.5 Å². The van der Waals surface area contributed by atoms with Crippen molar-refractivity contribution in [2.24, 2.45) is 0 Å². The minimum atomic E-state index is -0.915. The summed E-state index contributed by atoms with van der Waals surface area (Å²) in [4.78, 5) is 0. The second-order valence-electron chi connectivity index (χ2n) is 5.42. The summed E-state index contributed by atoms with van der Waals surface area (Å²) in [5.41, 5.74) is 0.700. The molecule has 2 heterocycles. The molecule has 0 aliphatic carbocycles. The van der Waals surface area contributed by atoms with Crippen LogP contribution in [0.15, 0.2) is 30.3 Å². The molecule has 2 aliphatic rings. The van der Waals surface area contributed by atoms with Gasteiger partial charge in [-0.25, -0.2) is 0 Å². The molecule has 19 heavy (non-hydrogen) atoms. The highest BCUT2D eigenvalue weighted by atomic mass is 16.8. The SMILES string of the molecule is CC1(C)O[C@H]2O[C@H]([C@@H](O)c3ccccc3)[C@H](O)[C@H]2O1. The van der Waals surface area contributed by atoms with Gasteiger partial charge in [0, 0.05) is 0 Å². The highest BCUT2D eigenvalue weighted by Gasteiger charge is 2.56. The number of aliphatic hydroxyl groups excluding tert-OH is 2. The molecule has 5 atom stereocenters. The highest BCUT2D eigenvalue weighted by Crippen LogP contribution is 2.40. The predicted molar refractivity (Wildman–Crippen MR) is 66.1 cm³/mol. The van der Waals surface area contributed by atoms with Gasteiger partial charge in [0.2, 0.25) is 0 Å². The molecular weight excluding hydrogens is 248 g/mol. The van der Waals surface area contributed by atoms with Crippen LogP contribution in [-0.2, 0) is 14.2 Å². The quantitative estimate of drug-likeness (QED) is 0.834. The van der Waals surface area contributed by atoms with Gasteiger partial charge in [-0.3, -0.25) is 0 Å². The Morgan fingerprint density at radius 2 is 1.84 bits per heavy atom. The first-order chi connectivity index (χ1) is 8.98. The van der Waals surface area contributed by atoms with Crippen molar-refractivity contribution in [2.75, 3.05) is 0 Å². The minimum Gasteiger partial charge on any atom is -0.387 e. The molecule has 104 valence electrons. The maximum absolute atomic E-state index is 10.3. The number of rotatable bonds is 2. The largest absolute Gasteiger partial charge is 0.387 e. The fourth-order valence-electron chi connectivity index (χ4n) is 2.62. The van der Waals surface area contributed by atoms with Gasteiger partial charge in [0.1, 0.15) is 24.4 Å². The summed E-state index contributed by atoms with van der Waals surface area (Å²) in [6.07, 6.45) is -3.75. The van der Waals surface area contributed by atoms with E-state index in [1.807, 2.05) is 18.2 Å².